The number of hydrogen-bond donors (Lipinski definition) is 1. The molecule has 1 saturated heterocycles. The molecule has 2 heterocycles. The van der Waals surface area contributed by atoms with Crippen molar-refractivity contribution in [1.29, 1.82) is 0 Å². The van der Waals surface area contributed by atoms with E-state index >= 15 is 0 Å². The molecular formula is C26H29ClN2OS. The molecule has 3 aromatic rings. The molecule has 4 rings (SSSR count). The van der Waals surface area contributed by atoms with Crippen molar-refractivity contribution in [3.05, 3.63) is 76.9 Å². The fraction of sp³-hybridized carbons (Fsp3) is 0.346. The first-order valence-corrected chi connectivity index (χ1v) is 12.1. The summed E-state index contributed by atoms with van der Waals surface area (Å²) in [4.78, 5) is 6.82. The zero-order chi connectivity index (χ0) is 22.0. The second-order valence-corrected chi connectivity index (χ2v) is 10.2. The lowest BCUT2D eigenvalue weighted by atomic mass is 9.91. The first kappa shape index (κ1) is 22.2. The highest BCUT2D eigenvalue weighted by Crippen LogP contribution is 2.38. The van der Waals surface area contributed by atoms with Crippen molar-refractivity contribution in [2.24, 2.45) is 0 Å². The molecule has 1 aliphatic rings. The Bertz CT molecular complexity index is 1040. The zero-order valence-corrected chi connectivity index (χ0v) is 19.8. The molecule has 0 radical (unpaired) electrons. The predicted octanol–water partition coefficient (Wildman–Crippen LogP) is 6.95. The number of aliphatic hydroxyl groups is 1. The predicted molar refractivity (Wildman–Crippen MR) is 132 cm³/mol. The highest BCUT2D eigenvalue weighted by molar-refractivity contribution is 7.99. The standard InChI is InChI=1S/C26H29ClN2OS/c1-17(2)22-6-4-5-7-23(22)19-8-10-25(24(14-19)18(3)30)29-13-12-21(16-29)31-26-11-9-20(27)15-28-26/h4-11,14-15,17-18,21,30H,12-13,16H2,1-3H3/t18?,21-/m0/s1. The van der Waals surface area contributed by atoms with Crippen molar-refractivity contribution in [1.82, 2.24) is 4.98 Å². The van der Waals surface area contributed by atoms with E-state index in [0.29, 0.717) is 16.2 Å². The maximum absolute atomic E-state index is 10.6. The van der Waals surface area contributed by atoms with Crippen LogP contribution in [0.3, 0.4) is 0 Å². The van der Waals surface area contributed by atoms with Gasteiger partial charge in [-0.05, 0) is 60.2 Å². The van der Waals surface area contributed by atoms with Crippen LogP contribution in [0.15, 0.2) is 65.8 Å². The van der Waals surface area contributed by atoms with E-state index in [0.717, 1.165) is 35.8 Å². The minimum absolute atomic E-state index is 0.448. The third-order valence-corrected chi connectivity index (χ3v) is 7.27. The van der Waals surface area contributed by atoms with E-state index in [-0.39, 0.29) is 0 Å². The van der Waals surface area contributed by atoms with Crippen LogP contribution < -0.4 is 4.90 Å². The molecule has 1 unspecified atom stereocenters. The number of thioether (sulfide) groups is 1. The summed E-state index contributed by atoms with van der Waals surface area (Å²) in [5.41, 5.74) is 5.87. The fourth-order valence-electron chi connectivity index (χ4n) is 4.25. The topological polar surface area (TPSA) is 36.4 Å². The lowest BCUT2D eigenvalue weighted by molar-refractivity contribution is 0.199. The normalized spacial score (nSPS) is 17.4. The minimum atomic E-state index is -0.522. The molecule has 1 aliphatic heterocycles. The zero-order valence-electron chi connectivity index (χ0n) is 18.3. The van der Waals surface area contributed by atoms with Gasteiger partial charge in [-0.1, -0.05) is 55.8 Å². The van der Waals surface area contributed by atoms with E-state index < -0.39 is 6.10 Å². The molecule has 0 aliphatic carbocycles. The molecule has 0 spiro atoms. The minimum Gasteiger partial charge on any atom is -0.389 e. The summed E-state index contributed by atoms with van der Waals surface area (Å²) in [5, 5.41) is 12.7. The average Bonchev–Trinajstić information content (AvgIpc) is 3.23. The van der Waals surface area contributed by atoms with E-state index in [4.69, 9.17) is 11.6 Å². The second-order valence-electron chi connectivity index (χ2n) is 8.48. The Kier molecular flexibility index (Phi) is 6.90. The Balaban J connectivity index is 1.57. The third-order valence-electron chi connectivity index (χ3n) is 5.84. The van der Waals surface area contributed by atoms with Crippen LogP contribution in [0.25, 0.3) is 11.1 Å². The Morgan fingerprint density at radius 2 is 1.87 bits per heavy atom. The molecule has 31 heavy (non-hydrogen) atoms. The molecule has 2 aromatic carbocycles. The summed E-state index contributed by atoms with van der Waals surface area (Å²) in [6.07, 6.45) is 2.27. The van der Waals surface area contributed by atoms with Crippen LogP contribution in [0.4, 0.5) is 5.69 Å². The monoisotopic (exact) mass is 452 g/mol. The van der Waals surface area contributed by atoms with Crippen LogP contribution in [-0.2, 0) is 0 Å². The summed E-state index contributed by atoms with van der Waals surface area (Å²) in [6, 6.07) is 19.0. The maximum atomic E-state index is 10.6. The summed E-state index contributed by atoms with van der Waals surface area (Å²) in [5.74, 6) is 0.448. The van der Waals surface area contributed by atoms with Crippen LogP contribution in [0.2, 0.25) is 5.02 Å². The number of rotatable bonds is 6. The van der Waals surface area contributed by atoms with Crippen LogP contribution in [0, 0.1) is 0 Å². The van der Waals surface area contributed by atoms with Crippen LogP contribution in [-0.4, -0.2) is 28.4 Å². The summed E-state index contributed by atoms with van der Waals surface area (Å²) in [6.45, 7) is 8.22. The lowest BCUT2D eigenvalue weighted by Crippen LogP contribution is -2.22. The highest BCUT2D eigenvalue weighted by atomic mass is 35.5. The van der Waals surface area contributed by atoms with Crippen LogP contribution in [0.1, 0.15) is 50.3 Å². The molecule has 3 nitrogen and oxygen atoms in total. The average molecular weight is 453 g/mol. The Labute approximate surface area is 194 Å². The molecule has 0 amide bonds. The maximum Gasteiger partial charge on any atom is 0.0964 e. The van der Waals surface area contributed by atoms with Crippen molar-refractivity contribution in [3.8, 4) is 11.1 Å². The van der Waals surface area contributed by atoms with Gasteiger partial charge >= 0.3 is 0 Å². The number of hydrogen-bond acceptors (Lipinski definition) is 4. The van der Waals surface area contributed by atoms with E-state index in [1.54, 1.807) is 18.0 Å². The molecular weight excluding hydrogens is 424 g/mol. The van der Waals surface area contributed by atoms with E-state index in [1.807, 2.05) is 19.1 Å². The van der Waals surface area contributed by atoms with Gasteiger partial charge in [0.05, 0.1) is 16.2 Å². The van der Waals surface area contributed by atoms with Gasteiger partial charge in [-0.15, -0.1) is 11.8 Å². The van der Waals surface area contributed by atoms with Gasteiger partial charge in [-0.3, -0.25) is 0 Å². The van der Waals surface area contributed by atoms with Gasteiger partial charge in [0.15, 0.2) is 0 Å². The molecule has 162 valence electrons. The van der Waals surface area contributed by atoms with Crippen molar-refractivity contribution < 1.29 is 5.11 Å². The van der Waals surface area contributed by atoms with Crippen molar-refractivity contribution in [2.45, 2.75) is 49.5 Å². The molecule has 0 saturated carbocycles. The van der Waals surface area contributed by atoms with Gasteiger partial charge < -0.3 is 10.0 Å². The Morgan fingerprint density at radius 3 is 2.58 bits per heavy atom. The van der Waals surface area contributed by atoms with E-state index in [9.17, 15) is 5.11 Å². The highest BCUT2D eigenvalue weighted by Gasteiger charge is 2.26. The van der Waals surface area contributed by atoms with Gasteiger partial charge in [0.25, 0.3) is 0 Å². The van der Waals surface area contributed by atoms with Crippen molar-refractivity contribution in [3.63, 3.8) is 0 Å². The van der Waals surface area contributed by atoms with Crippen LogP contribution >= 0.6 is 23.4 Å². The van der Waals surface area contributed by atoms with Gasteiger partial charge in [-0.2, -0.15) is 0 Å². The largest absolute Gasteiger partial charge is 0.389 e. The Hall–Kier alpha value is -2.01. The summed E-state index contributed by atoms with van der Waals surface area (Å²) < 4.78 is 0. The SMILES string of the molecule is CC(C)c1ccccc1-c1ccc(N2CC[C@H](Sc3ccc(Cl)cn3)C2)c(C(C)O)c1. The van der Waals surface area contributed by atoms with Gasteiger partial charge in [0.2, 0.25) is 0 Å². The van der Waals surface area contributed by atoms with Gasteiger partial charge in [-0.25, -0.2) is 4.98 Å². The number of aliphatic hydroxyl groups excluding tert-OH is 1. The smallest absolute Gasteiger partial charge is 0.0964 e. The molecule has 1 fully saturated rings. The summed E-state index contributed by atoms with van der Waals surface area (Å²) in [7, 11) is 0. The van der Waals surface area contributed by atoms with Gasteiger partial charge in [0.1, 0.15) is 0 Å². The number of halogens is 1. The lowest BCUT2D eigenvalue weighted by Gasteiger charge is -2.24. The number of aromatic nitrogens is 1. The van der Waals surface area contributed by atoms with Crippen LogP contribution in [0.5, 0.6) is 0 Å². The quantitative estimate of drug-likeness (QED) is 0.439. The number of anilines is 1. The molecule has 0 bridgehead atoms. The second kappa shape index (κ2) is 9.64. The third kappa shape index (κ3) is 5.08. The summed E-state index contributed by atoms with van der Waals surface area (Å²) >= 11 is 7.76. The number of benzene rings is 2. The molecule has 1 aromatic heterocycles. The number of pyridine rings is 1. The molecule has 2 atom stereocenters. The Morgan fingerprint density at radius 1 is 1.06 bits per heavy atom. The van der Waals surface area contributed by atoms with E-state index in [1.165, 1.54) is 16.7 Å². The van der Waals surface area contributed by atoms with Crippen molar-refractivity contribution >= 4 is 29.1 Å². The number of nitrogens with zero attached hydrogens (tertiary/aromatic N) is 2. The molecule has 5 heteroatoms. The molecule has 1 N–H and O–H groups in total. The fourth-order valence-corrected chi connectivity index (χ4v) is 5.45. The first-order chi connectivity index (χ1) is 14.9. The first-order valence-electron chi connectivity index (χ1n) is 10.9. The van der Waals surface area contributed by atoms with Crippen molar-refractivity contribution in [2.75, 3.05) is 18.0 Å². The van der Waals surface area contributed by atoms with E-state index in [2.05, 4.69) is 66.2 Å². The van der Waals surface area contributed by atoms with Gasteiger partial charge in [0, 0.05) is 35.8 Å².